The number of allylic oxidation sites excluding steroid dienone is 3. The molecule has 0 saturated heterocycles. The summed E-state index contributed by atoms with van der Waals surface area (Å²) in [6.07, 6.45) is 2.66. The molecule has 3 aliphatic heterocycles. The van der Waals surface area contributed by atoms with E-state index in [9.17, 15) is 55.2 Å². The quantitative estimate of drug-likeness (QED) is 0.320. The highest BCUT2D eigenvalue weighted by Gasteiger charge is 2.40. The topological polar surface area (TPSA) is 266 Å². The van der Waals surface area contributed by atoms with Gasteiger partial charge in [-0.15, -0.1) is 0 Å². The van der Waals surface area contributed by atoms with Crippen LogP contribution in [0.1, 0.15) is 44.7 Å². The van der Waals surface area contributed by atoms with Crippen molar-refractivity contribution in [1.82, 2.24) is 10.6 Å². The van der Waals surface area contributed by atoms with E-state index >= 15 is 0 Å². The zero-order valence-corrected chi connectivity index (χ0v) is 36.1. The van der Waals surface area contributed by atoms with Crippen molar-refractivity contribution in [1.29, 1.82) is 0 Å². The highest BCUT2D eigenvalue weighted by Crippen LogP contribution is 2.37. The molecule has 18 nitrogen and oxygen atoms in total. The first-order chi connectivity index (χ1) is 29.0. The van der Waals surface area contributed by atoms with Gasteiger partial charge in [0.15, 0.2) is 19.7 Å². The molecule has 2 N–H and O–H groups in total. The summed E-state index contributed by atoms with van der Waals surface area (Å²) in [6.45, 7) is 5.87. The number of carbonyl (C=O) groups excluding carboxylic acids is 8. The van der Waals surface area contributed by atoms with Crippen LogP contribution in [0.2, 0.25) is 0 Å². The fraction of sp³-hybridized carbons (Fsp3) is 0.381. The van der Waals surface area contributed by atoms with Crippen LogP contribution in [0.15, 0.2) is 83.5 Å². The van der Waals surface area contributed by atoms with Crippen molar-refractivity contribution in [2.45, 2.75) is 46.7 Å². The van der Waals surface area contributed by atoms with Gasteiger partial charge in [-0.3, -0.25) is 38.4 Å². The minimum absolute atomic E-state index is 0.0492. The van der Waals surface area contributed by atoms with Gasteiger partial charge in [0.05, 0.1) is 26.1 Å². The number of fused-ring (bicyclic) bond motifs is 2. The Balaban J connectivity index is 1.60. The Bertz CT molecular complexity index is 2440. The third-order valence-corrected chi connectivity index (χ3v) is 12.2. The number of Topliss-reactive ketones (excluding diaryl/α,β-unsaturated/α-hetero) is 2. The largest absolute Gasteiger partial charge is 0.469 e. The van der Waals surface area contributed by atoms with Crippen LogP contribution in [0.25, 0.3) is 0 Å². The number of esters is 4. The minimum atomic E-state index is -4.53. The minimum Gasteiger partial charge on any atom is -0.469 e. The standard InChI is InChI=1S/C42H46N2O16S2/c1-42(2,3)35-15-28-14-27(35)16-36(47)43-19-25-6-10-31(11-7-25)59-37(48)23-61(53,54)21-29(45)17-33(40(51)57-4)34(41(52)58-5)18-30(46)22-62(55,56)24-38(49)60-32-12-8-26(9-13-32)20-44-39(28)50/h6-16,33-34H,17-24H2,1-5H3,(H,43,47)(H,44,50)/t33-,34-/m0/s1. The van der Waals surface area contributed by atoms with Crippen molar-refractivity contribution in [3.05, 3.63) is 94.6 Å². The summed E-state index contributed by atoms with van der Waals surface area (Å²) in [7, 11) is -7.28. The Labute approximate surface area is 357 Å². The summed E-state index contributed by atoms with van der Waals surface area (Å²) < 4.78 is 71.1. The summed E-state index contributed by atoms with van der Waals surface area (Å²) in [5, 5.41) is 5.54. The molecule has 0 radical (unpaired) electrons. The maximum atomic E-state index is 13.2. The number of nitrogens with one attached hydrogen (secondary N) is 2. The molecule has 2 atom stereocenters. The molecule has 0 spiro atoms. The van der Waals surface area contributed by atoms with Gasteiger partial charge in [-0.05, 0) is 64.1 Å². The van der Waals surface area contributed by atoms with E-state index in [4.69, 9.17) is 9.47 Å². The molecule has 4 aliphatic rings. The SMILES string of the molecule is COC(=O)[C@H]1CC(=O)CS(=O)(=O)CC(=O)Oc2ccc(cc2)CNC(=O)C=C2C=C(C=C2C(C)(C)C)C(=O)NCc2ccc(cc2)OC(=O)CS(=O)(=O)CC(=O)C[C@@H]1C(=O)OC. The van der Waals surface area contributed by atoms with Crippen LogP contribution < -0.4 is 20.1 Å². The fourth-order valence-electron chi connectivity index (χ4n) is 6.41. The number of sulfone groups is 2. The lowest BCUT2D eigenvalue weighted by molar-refractivity contribution is -0.159. The molecular formula is C42H46N2O16S2. The molecule has 6 rings (SSSR count). The number of benzene rings is 2. The number of ether oxygens (including phenoxy) is 4. The molecule has 2 aromatic carbocycles. The van der Waals surface area contributed by atoms with Crippen molar-refractivity contribution in [3.63, 3.8) is 0 Å². The number of amides is 2. The molecule has 332 valence electrons. The lowest BCUT2D eigenvalue weighted by Crippen LogP contribution is -2.37. The molecule has 3 heterocycles. The van der Waals surface area contributed by atoms with E-state index < -0.39 is 120 Å². The summed E-state index contributed by atoms with van der Waals surface area (Å²) in [5.74, 6) is -17.0. The molecule has 0 aromatic heterocycles. The predicted octanol–water partition coefficient (Wildman–Crippen LogP) is 1.61. The van der Waals surface area contributed by atoms with Crippen LogP contribution in [0.5, 0.6) is 11.5 Å². The van der Waals surface area contributed by atoms with Gasteiger partial charge in [0.25, 0.3) is 5.91 Å². The van der Waals surface area contributed by atoms with Crippen molar-refractivity contribution in [3.8, 4) is 11.5 Å². The number of hydrogen-bond acceptors (Lipinski definition) is 16. The molecular weight excluding hydrogens is 853 g/mol. The fourth-order valence-corrected chi connectivity index (χ4v) is 8.66. The van der Waals surface area contributed by atoms with Crippen molar-refractivity contribution >= 4 is 66.9 Å². The van der Waals surface area contributed by atoms with Gasteiger partial charge in [0.1, 0.15) is 46.1 Å². The first-order valence-corrected chi connectivity index (χ1v) is 22.5. The van der Waals surface area contributed by atoms with Gasteiger partial charge in [-0.25, -0.2) is 16.8 Å². The Morgan fingerprint density at radius 2 is 1.02 bits per heavy atom. The van der Waals surface area contributed by atoms with Crippen LogP contribution in [-0.2, 0) is 80.6 Å². The number of rotatable bonds is 2. The number of ketones is 2. The zero-order valence-electron chi connectivity index (χ0n) is 34.5. The van der Waals surface area contributed by atoms with Gasteiger partial charge in [0.2, 0.25) is 5.91 Å². The number of hydrogen-bond donors (Lipinski definition) is 2. The van der Waals surface area contributed by atoms with Crippen molar-refractivity contribution < 1.29 is 74.1 Å². The van der Waals surface area contributed by atoms with Gasteiger partial charge >= 0.3 is 23.9 Å². The summed E-state index contributed by atoms with van der Waals surface area (Å²) >= 11 is 0. The molecule has 1 aliphatic carbocycles. The van der Waals surface area contributed by atoms with E-state index in [2.05, 4.69) is 20.1 Å². The lowest BCUT2D eigenvalue weighted by atomic mass is 9.83. The van der Waals surface area contributed by atoms with Crippen LogP contribution in [-0.4, -0.2) is 101 Å². The summed E-state index contributed by atoms with van der Waals surface area (Å²) in [4.78, 5) is 103. The average Bonchev–Trinajstić information content (AvgIpc) is 3.61. The third-order valence-electron chi connectivity index (χ3n) is 9.33. The second-order valence-corrected chi connectivity index (χ2v) is 19.6. The van der Waals surface area contributed by atoms with E-state index in [0.717, 1.165) is 19.8 Å². The molecule has 0 saturated carbocycles. The third kappa shape index (κ3) is 14.4. The Morgan fingerprint density at radius 1 is 0.597 bits per heavy atom. The Kier molecular flexibility index (Phi) is 16.0. The second kappa shape index (κ2) is 20.5. The molecule has 0 unspecified atom stereocenters. The normalized spacial score (nSPS) is 21.1. The Morgan fingerprint density at radius 3 is 1.42 bits per heavy atom. The molecule has 62 heavy (non-hydrogen) atoms. The highest BCUT2D eigenvalue weighted by atomic mass is 32.2. The van der Waals surface area contributed by atoms with E-state index in [1.807, 2.05) is 20.8 Å². The maximum absolute atomic E-state index is 13.2. The first kappa shape index (κ1) is 48.4. The van der Waals surface area contributed by atoms with Crippen LogP contribution in [0, 0.1) is 17.3 Å². The molecule has 6 bridgehead atoms. The second-order valence-electron chi connectivity index (χ2n) is 15.5. The number of carbonyl (C=O) groups is 8. The smallest absolute Gasteiger partial charge is 0.326 e. The van der Waals surface area contributed by atoms with E-state index in [1.54, 1.807) is 12.2 Å². The van der Waals surface area contributed by atoms with Gasteiger partial charge in [-0.2, -0.15) is 0 Å². The maximum Gasteiger partial charge on any atom is 0.326 e. The first-order valence-electron chi connectivity index (χ1n) is 18.9. The molecule has 2 amide bonds. The Hall–Kier alpha value is -6.28. The summed E-state index contributed by atoms with van der Waals surface area (Å²) in [6, 6.07) is 11.5. The average molecular weight is 899 g/mol. The van der Waals surface area contributed by atoms with Gasteiger partial charge < -0.3 is 29.6 Å². The molecule has 0 fully saturated rings. The van der Waals surface area contributed by atoms with Crippen LogP contribution >= 0.6 is 0 Å². The summed E-state index contributed by atoms with van der Waals surface area (Å²) in [5.41, 5.74) is 2.26. The van der Waals surface area contributed by atoms with Gasteiger partial charge in [-0.1, -0.05) is 45.0 Å². The molecule has 2 aromatic rings. The van der Waals surface area contributed by atoms with Crippen LogP contribution in [0.4, 0.5) is 0 Å². The van der Waals surface area contributed by atoms with Crippen molar-refractivity contribution in [2.24, 2.45) is 17.3 Å². The lowest BCUT2D eigenvalue weighted by Gasteiger charge is -2.22. The zero-order chi connectivity index (χ0) is 46.0. The van der Waals surface area contributed by atoms with Crippen LogP contribution in [0.3, 0.4) is 0 Å². The van der Waals surface area contributed by atoms with E-state index in [1.165, 1.54) is 54.6 Å². The monoisotopic (exact) mass is 898 g/mol. The van der Waals surface area contributed by atoms with Crippen molar-refractivity contribution in [2.75, 3.05) is 37.2 Å². The molecule has 20 heteroatoms. The van der Waals surface area contributed by atoms with E-state index in [0.29, 0.717) is 22.3 Å². The highest BCUT2D eigenvalue weighted by molar-refractivity contribution is 7.93. The number of methoxy groups -OCH3 is 2. The predicted molar refractivity (Wildman–Crippen MR) is 219 cm³/mol. The van der Waals surface area contributed by atoms with E-state index in [-0.39, 0.29) is 24.6 Å². The van der Waals surface area contributed by atoms with Gasteiger partial charge in [0, 0.05) is 37.6 Å².